The van der Waals surface area contributed by atoms with E-state index >= 15 is 0 Å². The average molecular weight is 595 g/mol. The molecule has 1 atom stereocenters. The maximum Gasteiger partial charge on any atom is 0.336 e. The zero-order valence-corrected chi connectivity index (χ0v) is 26.3. The van der Waals surface area contributed by atoms with Crippen molar-refractivity contribution in [1.82, 2.24) is 0 Å². The molecule has 4 rings (SSSR count). The average Bonchev–Trinajstić information content (AvgIpc) is 3.00. The van der Waals surface area contributed by atoms with Crippen molar-refractivity contribution in [3.8, 4) is 29.1 Å². The van der Waals surface area contributed by atoms with Crippen LogP contribution < -0.4 is 24.7 Å². The molecular weight excluding hydrogens is 552 g/mol. The largest absolute Gasteiger partial charge is 0.493 e. The van der Waals surface area contributed by atoms with Crippen molar-refractivity contribution in [3.63, 3.8) is 0 Å². The molecule has 44 heavy (non-hydrogen) atoms. The summed E-state index contributed by atoms with van der Waals surface area (Å²) in [5.74, 6) is 0.906. The van der Waals surface area contributed by atoms with Crippen molar-refractivity contribution >= 4 is 12.0 Å². The molecule has 230 valence electrons. The van der Waals surface area contributed by atoms with E-state index in [1.54, 1.807) is 31.4 Å². The van der Waals surface area contributed by atoms with Gasteiger partial charge in [0.15, 0.2) is 11.5 Å². The molecule has 0 fully saturated rings. The van der Waals surface area contributed by atoms with E-state index in [1.165, 1.54) is 30.9 Å². The smallest absolute Gasteiger partial charge is 0.336 e. The quantitative estimate of drug-likeness (QED) is 0.0976. The molecule has 3 aromatic rings. The van der Waals surface area contributed by atoms with Crippen molar-refractivity contribution in [2.24, 2.45) is 5.73 Å². The van der Waals surface area contributed by atoms with E-state index in [9.17, 15) is 10.1 Å². The summed E-state index contributed by atoms with van der Waals surface area (Å²) < 4.78 is 23.0. The van der Waals surface area contributed by atoms with Crippen molar-refractivity contribution in [2.75, 3.05) is 13.7 Å². The SMILES string of the molecule is CCCCCCCOc1ccc(C2C(C#N)=C(N)Oc3cc(OC(=O)/C=C/c4ccc(C(C)(C)C)cc4)ccc32)cc1OC. The highest BCUT2D eigenvalue weighted by molar-refractivity contribution is 5.88. The highest BCUT2D eigenvalue weighted by atomic mass is 16.5. The Kier molecular flexibility index (Phi) is 10.7. The Morgan fingerprint density at radius 2 is 1.75 bits per heavy atom. The number of benzene rings is 3. The first-order valence-electron chi connectivity index (χ1n) is 15.2. The fourth-order valence-electron chi connectivity index (χ4n) is 5.12. The van der Waals surface area contributed by atoms with Crippen LogP contribution in [-0.4, -0.2) is 19.7 Å². The second-order valence-corrected chi connectivity index (χ2v) is 11.9. The maximum absolute atomic E-state index is 12.6. The van der Waals surface area contributed by atoms with Gasteiger partial charge in [0.05, 0.1) is 19.6 Å². The monoisotopic (exact) mass is 594 g/mol. The third-order valence-corrected chi connectivity index (χ3v) is 7.62. The van der Waals surface area contributed by atoms with Gasteiger partial charge in [0.2, 0.25) is 5.88 Å². The molecular formula is C37H42N2O5. The van der Waals surface area contributed by atoms with Gasteiger partial charge in [0.25, 0.3) is 0 Å². The molecule has 0 saturated carbocycles. The van der Waals surface area contributed by atoms with E-state index in [1.807, 2.05) is 30.3 Å². The summed E-state index contributed by atoms with van der Waals surface area (Å²) in [5, 5.41) is 9.99. The zero-order chi connectivity index (χ0) is 31.7. The summed E-state index contributed by atoms with van der Waals surface area (Å²) in [5.41, 5.74) is 10.2. The van der Waals surface area contributed by atoms with Crippen molar-refractivity contribution < 1.29 is 23.7 Å². The normalized spacial score (nSPS) is 14.5. The number of carbonyl (C=O) groups excluding carboxylic acids is 1. The predicted octanol–water partition coefficient (Wildman–Crippen LogP) is 8.18. The lowest BCUT2D eigenvalue weighted by molar-refractivity contribution is -0.128. The number of hydrogen-bond acceptors (Lipinski definition) is 7. The van der Waals surface area contributed by atoms with Crippen LogP contribution in [0.3, 0.4) is 0 Å². The fraction of sp³-hybridized carbons (Fsp3) is 0.351. The van der Waals surface area contributed by atoms with Gasteiger partial charge < -0.3 is 24.7 Å². The van der Waals surface area contributed by atoms with E-state index in [2.05, 4.69) is 45.9 Å². The fourth-order valence-corrected chi connectivity index (χ4v) is 5.12. The predicted molar refractivity (Wildman–Crippen MR) is 173 cm³/mol. The van der Waals surface area contributed by atoms with Crippen molar-refractivity contribution in [1.29, 1.82) is 5.26 Å². The van der Waals surface area contributed by atoms with Gasteiger partial charge in [-0.2, -0.15) is 5.26 Å². The third-order valence-electron chi connectivity index (χ3n) is 7.62. The molecule has 7 heteroatoms. The Morgan fingerprint density at radius 1 is 1.00 bits per heavy atom. The summed E-state index contributed by atoms with van der Waals surface area (Å²) >= 11 is 0. The Labute approximate surface area is 260 Å². The third kappa shape index (κ3) is 8.02. The van der Waals surface area contributed by atoms with Crippen LogP contribution in [0, 0.1) is 11.3 Å². The molecule has 0 saturated heterocycles. The van der Waals surface area contributed by atoms with E-state index in [-0.39, 0.29) is 16.9 Å². The molecule has 7 nitrogen and oxygen atoms in total. The number of carbonyl (C=O) groups is 1. The summed E-state index contributed by atoms with van der Waals surface area (Å²) in [6.45, 7) is 9.27. The zero-order valence-electron chi connectivity index (χ0n) is 26.3. The van der Waals surface area contributed by atoms with E-state index in [4.69, 9.17) is 24.7 Å². The molecule has 0 spiro atoms. The summed E-state index contributed by atoms with van der Waals surface area (Å²) in [4.78, 5) is 12.6. The number of nitrogens with zero attached hydrogens (tertiary/aromatic N) is 1. The van der Waals surface area contributed by atoms with Crippen LogP contribution in [0.5, 0.6) is 23.0 Å². The minimum absolute atomic E-state index is 0.00144. The van der Waals surface area contributed by atoms with E-state index in [0.29, 0.717) is 29.6 Å². The first-order valence-corrected chi connectivity index (χ1v) is 15.2. The van der Waals surface area contributed by atoms with Gasteiger partial charge >= 0.3 is 5.97 Å². The molecule has 0 aromatic heterocycles. The van der Waals surface area contributed by atoms with Gasteiger partial charge in [0.1, 0.15) is 23.1 Å². The van der Waals surface area contributed by atoms with Gasteiger partial charge in [0, 0.05) is 17.7 Å². The lowest BCUT2D eigenvalue weighted by Crippen LogP contribution is -2.21. The number of nitriles is 1. The second kappa shape index (κ2) is 14.7. The molecule has 0 radical (unpaired) electrons. The summed E-state index contributed by atoms with van der Waals surface area (Å²) in [6.07, 6.45) is 8.84. The molecule has 1 aliphatic rings. The van der Waals surface area contributed by atoms with Gasteiger partial charge in [-0.05, 0) is 52.8 Å². The van der Waals surface area contributed by atoms with Crippen molar-refractivity contribution in [2.45, 2.75) is 71.1 Å². The molecule has 0 bridgehead atoms. The minimum Gasteiger partial charge on any atom is -0.493 e. The Morgan fingerprint density at radius 3 is 2.43 bits per heavy atom. The Bertz CT molecular complexity index is 1560. The highest BCUT2D eigenvalue weighted by Gasteiger charge is 2.31. The first-order chi connectivity index (χ1) is 21.1. The molecule has 2 N–H and O–H groups in total. The standard InChI is InChI=1S/C37H42N2O5/c1-6-7-8-9-10-21-42-31-19-14-26(22-33(31)41-5)35-29-18-17-28(23-32(29)44-36(39)30(35)24-38)43-34(40)20-13-25-11-15-27(16-12-25)37(2,3)4/h11-20,22-23,35H,6-10,21,39H2,1-5H3/b20-13+. The first kappa shape index (κ1) is 32.2. The number of unbranched alkanes of at least 4 members (excludes halogenated alkanes) is 4. The van der Waals surface area contributed by atoms with E-state index < -0.39 is 11.9 Å². The number of ether oxygens (including phenoxy) is 4. The molecule has 0 aliphatic carbocycles. The topological polar surface area (TPSA) is 104 Å². The number of fused-ring (bicyclic) bond motifs is 1. The number of rotatable bonds is 12. The molecule has 3 aromatic carbocycles. The number of hydrogen-bond donors (Lipinski definition) is 1. The number of nitrogens with two attached hydrogens (primary N) is 1. The molecule has 1 heterocycles. The Hall–Kier alpha value is -4.70. The van der Waals surface area contributed by atoms with Gasteiger partial charge in [-0.3, -0.25) is 0 Å². The number of methoxy groups -OCH3 is 1. The number of allylic oxidation sites excluding steroid dienone is 1. The lowest BCUT2D eigenvalue weighted by atomic mass is 9.83. The summed E-state index contributed by atoms with van der Waals surface area (Å²) in [7, 11) is 1.59. The van der Waals surface area contributed by atoms with Gasteiger partial charge in [-0.1, -0.05) is 89.8 Å². The number of esters is 1. The van der Waals surface area contributed by atoms with Crippen LogP contribution >= 0.6 is 0 Å². The van der Waals surface area contributed by atoms with Crippen LogP contribution in [-0.2, 0) is 10.2 Å². The second-order valence-electron chi connectivity index (χ2n) is 11.9. The van der Waals surface area contributed by atoms with Gasteiger partial charge in [-0.15, -0.1) is 0 Å². The van der Waals surface area contributed by atoms with Crippen LogP contribution in [0.25, 0.3) is 6.08 Å². The molecule has 1 unspecified atom stereocenters. The Balaban J connectivity index is 1.50. The molecule has 0 amide bonds. The van der Waals surface area contributed by atoms with Crippen LogP contribution in [0.4, 0.5) is 0 Å². The van der Waals surface area contributed by atoms with Crippen LogP contribution in [0.15, 0.2) is 78.2 Å². The highest BCUT2D eigenvalue weighted by Crippen LogP contribution is 2.45. The van der Waals surface area contributed by atoms with Crippen LogP contribution in [0.2, 0.25) is 0 Å². The maximum atomic E-state index is 12.6. The van der Waals surface area contributed by atoms with Gasteiger partial charge in [-0.25, -0.2) is 4.79 Å². The van der Waals surface area contributed by atoms with Crippen LogP contribution in [0.1, 0.15) is 88.0 Å². The minimum atomic E-state index is -0.524. The summed E-state index contributed by atoms with van der Waals surface area (Å²) in [6, 6.07) is 21.0. The lowest BCUT2D eigenvalue weighted by Gasteiger charge is -2.27. The molecule has 1 aliphatic heterocycles. The van der Waals surface area contributed by atoms with E-state index in [0.717, 1.165) is 29.5 Å². The van der Waals surface area contributed by atoms with Crippen molar-refractivity contribution in [3.05, 3.63) is 100 Å².